The Bertz CT molecular complexity index is 1260. The molecule has 1 atom stereocenters. The molecule has 0 radical (unpaired) electrons. The summed E-state index contributed by atoms with van der Waals surface area (Å²) in [5.41, 5.74) is 4.65. The minimum Gasteiger partial charge on any atom is -0.378 e. The minimum atomic E-state index is -0.314. The summed E-state index contributed by atoms with van der Waals surface area (Å²) in [6, 6.07) is 17.4. The summed E-state index contributed by atoms with van der Waals surface area (Å²) in [6.45, 7) is 1.88. The predicted molar refractivity (Wildman–Crippen MR) is 134 cm³/mol. The van der Waals surface area contributed by atoms with Gasteiger partial charge in [-0.15, -0.1) is 0 Å². The molecule has 0 unspecified atom stereocenters. The van der Waals surface area contributed by atoms with Crippen LogP contribution >= 0.6 is 0 Å². The maximum Gasteiger partial charge on any atom is 0.251 e. The summed E-state index contributed by atoms with van der Waals surface area (Å²) in [6.07, 6.45) is 2.62. The molecule has 1 amide bonds. The van der Waals surface area contributed by atoms with Crippen molar-refractivity contribution in [3.8, 4) is 0 Å². The van der Waals surface area contributed by atoms with Crippen LogP contribution in [0, 0.1) is 6.92 Å². The number of carbonyl (C=O) groups is 1. The van der Waals surface area contributed by atoms with Crippen LogP contribution in [0.3, 0.4) is 0 Å². The number of amides is 1. The molecule has 33 heavy (non-hydrogen) atoms. The first kappa shape index (κ1) is 22.3. The van der Waals surface area contributed by atoms with E-state index >= 15 is 0 Å². The second-order valence-corrected chi connectivity index (χ2v) is 8.62. The van der Waals surface area contributed by atoms with Crippen LogP contribution < -0.4 is 15.1 Å². The lowest BCUT2D eigenvalue weighted by Gasteiger charge is -2.21. The number of benzene rings is 2. The van der Waals surface area contributed by atoms with Crippen LogP contribution in [0.2, 0.25) is 0 Å². The van der Waals surface area contributed by atoms with Gasteiger partial charge in [-0.1, -0.05) is 18.2 Å². The van der Waals surface area contributed by atoms with E-state index in [0.29, 0.717) is 17.8 Å². The largest absolute Gasteiger partial charge is 0.378 e. The number of carbonyl (C=O) groups excluding carboxylic acids is 1. The Morgan fingerprint density at radius 3 is 2.42 bits per heavy atom. The van der Waals surface area contributed by atoms with Crippen molar-refractivity contribution in [1.29, 1.82) is 0 Å². The third-order valence-electron chi connectivity index (χ3n) is 5.71. The minimum absolute atomic E-state index is 0.132. The standard InChI is InChI=1S/C26H30N6O/c1-17-28-24(15-25(29-17)32(4)5)23(14-19-16-27-22-9-7-6-8-21(19)22)30-26(33)18-10-12-20(13-11-18)31(2)3/h6-13,15-16,23,27H,14H2,1-5H3,(H,30,33)/t23-/m1/s1. The Kier molecular flexibility index (Phi) is 6.31. The first-order valence-electron chi connectivity index (χ1n) is 11.0. The third-order valence-corrected chi connectivity index (χ3v) is 5.71. The van der Waals surface area contributed by atoms with Crippen molar-refractivity contribution in [3.05, 3.63) is 83.4 Å². The molecule has 0 saturated heterocycles. The van der Waals surface area contributed by atoms with Crippen molar-refractivity contribution in [2.45, 2.75) is 19.4 Å². The summed E-state index contributed by atoms with van der Waals surface area (Å²) in [5.74, 6) is 1.35. The van der Waals surface area contributed by atoms with E-state index < -0.39 is 0 Å². The number of nitrogens with zero attached hydrogens (tertiary/aromatic N) is 4. The van der Waals surface area contributed by atoms with Gasteiger partial charge in [0, 0.05) is 69.0 Å². The number of anilines is 2. The zero-order chi connectivity index (χ0) is 23.5. The third kappa shape index (κ3) is 4.98. The van der Waals surface area contributed by atoms with E-state index in [-0.39, 0.29) is 11.9 Å². The fraction of sp³-hybridized carbons (Fsp3) is 0.269. The molecule has 0 saturated carbocycles. The van der Waals surface area contributed by atoms with Gasteiger partial charge in [-0.2, -0.15) is 0 Å². The molecule has 2 heterocycles. The Hall–Kier alpha value is -3.87. The second-order valence-electron chi connectivity index (χ2n) is 8.62. The van der Waals surface area contributed by atoms with Crippen LogP contribution in [0.25, 0.3) is 10.9 Å². The lowest BCUT2D eigenvalue weighted by atomic mass is 10.0. The van der Waals surface area contributed by atoms with Gasteiger partial charge in [-0.05, 0) is 42.8 Å². The van der Waals surface area contributed by atoms with E-state index in [1.807, 2.05) is 93.6 Å². The molecular formula is C26H30N6O. The summed E-state index contributed by atoms with van der Waals surface area (Å²) in [4.78, 5) is 29.7. The maximum absolute atomic E-state index is 13.2. The molecule has 7 nitrogen and oxygen atoms in total. The van der Waals surface area contributed by atoms with Gasteiger partial charge < -0.3 is 20.1 Å². The number of hydrogen-bond acceptors (Lipinski definition) is 5. The van der Waals surface area contributed by atoms with E-state index in [1.54, 1.807) is 0 Å². The molecular weight excluding hydrogens is 412 g/mol. The fourth-order valence-electron chi connectivity index (χ4n) is 3.88. The molecule has 0 fully saturated rings. The number of nitrogens with one attached hydrogen (secondary N) is 2. The lowest BCUT2D eigenvalue weighted by Crippen LogP contribution is -2.31. The molecule has 2 N–H and O–H groups in total. The van der Waals surface area contributed by atoms with Gasteiger partial charge in [0.25, 0.3) is 5.91 Å². The summed E-state index contributed by atoms with van der Waals surface area (Å²) < 4.78 is 0. The SMILES string of the molecule is Cc1nc([C@@H](Cc2c[nH]c3ccccc23)NC(=O)c2ccc(N(C)C)cc2)cc(N(C)C)n1. The highest BCUT2D eigenvalue weighted by atomic mass is 16.1. The van der Waals surface area contributed by atoms with Gasteiger partial charge in [-0.3, -0.25) is 4.79 Å². The highest BCUT2D eigenvalue weighted by Crippen LogP contribution is 2.26. The first-order valence-corrected chi connectivity index (χ1v) is 11.0. The number of H-pyrrole nitrogens is 1. The molecule has 0 aliphatic rings. The molecule has 0 aliphatic carbocycles. The van der Waals surface area contributed by atoms with Crippen molar-refractivity contribution in [3.63, 3.8) is 0 Å². The average Bonchev–Trinajstić information content (AvgIpc) is 3.21. The first-order chi connectivity index (χ1) is 15.8. The number of para-hydroxylation sites is 1. The Balaban J connectivity index is 1.68. The Morgan fingerprint density at radius 2 is 1.73 bits per heavy atom. The molecule has 0 aliphatic heterocycles. The van der Waals surface area contributed by atoms with Crippen LogP contribution in [0.1, 0.15) is 33.5 Å². The van der Waals surface area contributed by atoms with Crippen molar-refractivity contribution < 1.29 is 4.79 Å². The van der Waals surface area contributed by atoms with E-state index in [9.17, 15) is 4.79 Å². The number of hydrogen-bond donors (Lipinski definition) is 2. The highest BCUT2D eigenvalue weighted by molar-refractivity contribution is 5.95. The summed E-state index contributed by atoms with van der Waals surface area (Å²) >= 11 is 0. The molecule has 4 rings (SSSR count). The van der Waals surface area contributed by atoms with Crippen LogP contribution in [0.15, 0.2) is 60.8 Å². The van der Waals surface area contributed by atoms with E-state index in [2.05, 4.69) is 27.4 Å². The van der Waals surface area contributed by atoms with E-state index in [1.165, 1.54) is 0 Å². The smallest absolute Gasteiger partial charge is 0.251 e. The molecule has 7 heteroatoms. The molecule has 4 aromatic rings. The number of rotatable bonds is 7. The van der Waals surface area contributed by atoms with E-state index in [0.717, 1.165) is 33.7 Å². The van der Waals surface area contributed by atoms with Crippen molar-refractivity contribution in [1.82, 2.24) is 20.3 Å². The van der Waals surface area contributed by atoms with Crippen LogP contribution in [-0.2, 0) is 6.42 Å². The van der Waals surface area contributed by atoms with Gasteiger partial charge in [0.05, 0.1) is 11.7 Å². The number of aromatic amines is 1. The second kappa shape index (κ2) is 9.32. The molecule has 2 aromatic carbocycles. The summed E-state index contributed by atoms with van der Waals surface area (Å²) in [7, 11) is 7.86. The normalized spacial score (nSPS) is 11.9. The fourth-order valence-corrected chi connectivity index (χ4v) is 3.88. The molecule has 2 aromatic heterocycles. The highest BCUT2D eigenvalue weighted by Gasteiger charge is 2.21. The van der Waals surface area contributed by atoms with E-state index in [4.69, 9.17) is 4.98 Å². The number of fused-ring (bicyclic) bond motifs is 1. The molecule has 0 bridgehead atoms. The maximum atomic E-state index is 13.2. The van der Waals surface area contributed by atoms with Crippen molar-refractivity contribution in [2.75, 3.05) is 38.0 Å². The van der Waals surface area contributed by atoms with Gasteiger partial charge in [0.2, 0.25) is 0 Å². The Labute approximate surface area is 194 Å². The van der Waals surface area contributed by atoms with Crippen LogP contribution in [0.5, 0.6) is 0 Å². The zero-order valence-electron chi connectivity index (χ0n) is 19.8. The van der Waals surface area contributed by atoms with Gasteiger partial charge in [0.1, 0.15) is 11.6 Å². The topological polar surface area (TPSA) is 77.2 Å². The zero-order valence-corrected chi connectivity index (χ0v) is 19.8. The van der Waals surface area contributed by atoms with Crippen molar-refractivity contribution >= 4 is 28.3 Å². The lowest BCUT2D eigenvalue weighted by molar-refractivity contribution is 0.0935. The number of aryl methyl sites for hydroxylation is 1. The van der Waals surface area contributed by atoms with Crippen molar-refractivity contribution in [2.24, 2.45) is 0 Å². The Morgan fingerprint density at radius 1 is 1.00 bits per heavy atom. The van der Waals surface area contributed by atoms with Gasteiger partial charge in [-0.25, -0.2) is 9.97 Å². The predicted octanol–water partition coefficient (Wildman–Crippen LogP) is 4.11. The van der Waals surface area contributed by atoms with Gasteiger partial charge >= 0.3 is 0 Å². The van der Waals surface area contributed by atoms with Gasteiger partial charge in [0.15, 0.2) is 0 Å². The van der Waals surface area contributed by atoms with Crippen LogP contribution in [0.4, 0.5) is 11.5 Å². The van der Waals surface area contributed by atoms with Crippen LogP contribution in [-0.4, -0.2) is 49.0 Å². The summed E-state index contributed by atoms with van der Waals surface area (Å²) in [5, 5.41) is 4.36. The monoisotopic (exact) mass is 442 g/mol. The molecule has 0 spiro atoms. The average molecular weight is 443 g/mol. The quantitative estimate of drug-likeness (QED) is 0.450. The molecule has 170 valence electrons. The number of aromatic nitrogens is 3.